The van der Waals surface area contributed by atoms with Gasteiger partial charge in [-0.3, -0.25) is 0 Å². The van der Waals surface area contributed by atoms with Gasteiger partial charge in [-0.15, -0.1) is 0 Å². The Morgan fingerprint density at radius 3 is 1.47 bits per heavy atom. The molecule has 1 heteroatoms. The minimum Gasteiger partial charge on any atom is -0.317 e. The summed E-state index contributed by atoms with van der Waals surface area (Å²) in [5.41, 5.74) is 7.22. The van der Waals surface area contributed by atoms with Gasteiger partial charge in [0, 0.05) is 23.1 Å². The van der Waals surface area contributed by atoms with Gasteiger partial charge in [-0.05, 0) is 46.9 Å². The van der Waals surface area contributed by atoms with E-state index in [9.17, 15) is 0 Å². The third-order valence-electron chi connectivity index (χ3n) is 5.30. The minimum absolute atomic E-state index is 0.518. The molecule has 4 aromatic carbocycles. The van der Waals surface area contributed by atoms with Gasteiger partial charge in [0.1, 0.15) is 0 Å². The van der Waals surface area contributed by atoms with Crippen LogP contribution in [-0.4, -0.2) is 0 Å². The average Bonchev–Trinajstić information content (AvgIpc) is 2.81. The van der Waals surface area contributed by atoms with Crippen molar-refractivity contribution in [2.75, 3.05) is 4.90 Å². The summed E-state index contributed by atoms with van der Waals surface area (Å²) in [5.74, 6) is 0.518. The quantitative estimate of drug-likeness (QED) is 0.322. The predicted octanol–water partition coefficient (Wildman–Crippen LogP) is 8.04. The van der Waals surface area contributed by atoms with Gasteiger partial charge in [0.05, 0.1) is 0 Å². The van der Waals surface area contributed by atoms with Crippen LogP contribution in [0.5, 0.6) is 0 Å². The summed E-state index contributed by atoms with van der Waals surface area (Å²) in [6.07, 6.45) is 2.25. The van der Waals surface area contributed by atoms with E-state index in [-0.39, 0.29) is 0 Å². The molecular formula is C29H27N. The van der Waals surface area contributed by atoms with Crippen LogP contribution in [0.15, 0.2) is 121 Å². The van der Waals surface area contributed by atoms with Crippen molar-refractivity contribution in [2.45, 2.75) is 19.8 Å². The van der Waals surface area contributed by atoms with Crippen molar-refractivity contribution in [3.8, 4) is 0 Å². The van der Waals surface area contributed by atoms with Crippen molar-refractivity contribution >= 4 is 16.9 Å². The van der Waals surface area contributed by atoms with E-state index in [1.807, 2.05) is 0 Å². The Bertz CT molecular complexity index is 1040. The maximum atomic E-state index is 2.28. The molecule has 0 fully saturated rings. The van der Waals surface area contributed by atoms with Crippen molar-refractivity contribution in [3.05, 3.63) is 138 Å². The second-order valence-electron chi connectivity index (χ2n) is 7.73. The van der Waals surface area contributed by atoms with E-state index in [4.69, 9.17) is 0 Å². The Labute approximate surface area is 179 Å². The van der Waals surface area contributed by atoms with Crippen molar-refractivity contribution in [2.24, 2.45) is 0 Å². The van der Waals surface area contributed by atoms with Gasteiger partial charge in [0.15, 0.2) is 0 Å². The van der Waals surface area contributed by atoms with Gasteiger partial charge >= 0.3 is 0 Å². The Morgan fingerprint density at radius 1 is 0.567 bits per heavy atom. The van der Waals surface area contributed by atoms with Gasteiger partial charge in [-0.1, -0.05) is 105 Å². The highest BCUT2D eigenvalue weighted by atomic mass is 15.1. The van der Waals surface area contributed by atoms with Gasteiger partial charge in [-0.25, -0.2) is 0 Å². The normalized spacial score (nSPS) is 10.6. The van der Waals surface area contributed by atoms with Crippen LogP contribution >= 0.6 is 0 Å². The number of hydrogen-bond acceptors (Lipinski definition) is 1. The van der Waals surface area contributed by atoms with E-state index >= 15 is 0 Å². The van der Waals surface area contributed by atoms with Crippen LogP contribution < -0.4 is 4.90 Å². The minimum atomic E-state index is 0.518. The SMILES string of the molecule is CC(C)c1ccc(N(C=C(c2ccccc2)c2ccccc2)c2ccccc2)cc1. The van der Waals surface area contributed by atoms with Gasteiger partial charge in [-0.2, -0.15) is 0 Å². The fourth-order valence-corrected chi connectivity index (χ4v) is 3.59. The monoisotopic (exact) mass is 389 g/mol. The highest BCUT2D eigenvalue weighted by Crippen LogP contribution is 2.32. The molecule has 148 valence electrons. The Kier molecular flexibility index (Phi) is 6.10. The molecule has 0 aliphatic rings. The molecule has 0 unspecified atom stereocenters. The van der Waals surface area contributed by atoms with E-state index in [2.05, 4.69) is 140 Å². The summed E-state index contributed by atoms with van der Waals surface area (Å²) in [6, 6.07) is 40.6. The topological polar surface area (TPSA) is 3.24 Å². The smallest absolute Gasteiger partial charge is 0.0455 e. The first-order valence-electron chi connectivity index (χ1n) is 10.5. The van der Waals surface area contributed by atoms with E-state index in [0.717, 1.165) is 11.4 Å². The van der Waals surface area contributed by atoms with Crippen LogP contribution in [0.3, 0.4) is 0 Å². The fraction of sp³-hybridized carbons (Fsp3) is 0.103. The first-order chi connectivity index (χ1) is 14.7. The molecule has 0 saturated carbocycles. The highest BCUT2D eigenvalue weighted by Gasteiger charge is 2.12. The Balaban J connectivity index is 1.87. The number of anilines is 2. The standard InChI is InChI=1S/C29H27N/c1-23(2)24-18-20-28(21-19-24)30(27-16-10-5-11-17-27)22-29(25-12-6-3-7-13-25)26-14-8-4-9-15-26/h3-23H,1-2H3. The number of hydrogen-bond donors (Lipinski definition) is 0. The van der Waals surface area contributed by atoms with Crippen LogP contribution in [0.4, 0.5) is 11.4 Å². The zero-order valence-electron chi connectivity index (χ0n) is 17.6. The molecule has 30 heavy (non-hydrogen) atoms. The third-order valence-corrected chi connectivity index (χ3v) is 5.30. The molecule has 0 heterocycles. The van der Waals surface area contributed by atoms with Crippen LogP contribution in [0.2, 0.25) is 0 Å². The van der Waals surface area contributed by atoms with Gasteiger partial charge in [0.25, 0.3) is 0 Å². The lowest BCUT2D eigenvalue weighted by Gasteiger charge is -2.24. The van der Waals surface area contributed by atoms with Crippen molar-refractivity contribution in [3.63, 3.8) is 0 Å². The van der Waals surface area contributed by atoms with Crippen molar-refractivity contribution in [1.82, 2.24) is 0 Å². The molecule has 0 amide bonds. The summed E-state index contributed by atoms with van der Waals surface area (Å²) in [5, 5.41) is 0. The molecule has 0 radical (unpaired) electrons. The summed E-state index contributed by atoms with van der Waals surface area (Å²) in [7, 11) is 0. The van der Waals surface area contributed by atoms with E-state index in [1.165, 1.54) is 22.3 Å². The number of rotatable bonds is 6. The lowest BCUT2D eigenvalue weighted by molar-refractivity contribution is 0.866. The zero-order chi connectivity index (χ0) is 20.8. The maximum absolute atomic E-state index is 2.28. The zero-order valence-corrected chi connectivity index (χ0v) is 17.6. The largest absolute Gasteiger partial charge is 0.317 e. The molecule has 0 spiro atoms. The van der Waals surface area contributed by atoms with E-state index in [0.29, 0.717) is 5.92 Å². The molecule has 0 aliphatic carbocycles. The van der Waals surface area contributed by atoms with Gasteiger partial charge < -0.3 is 4.90 Å². The molecular weight excluding hydrogens is 362 g/mol. The maximum Gasteiger partial charge on any atom is 0.0455 e. The third kappa shape index (κ3) is 4.52. The number of para-hydroxylation sites is 1. The van der Waals surface area contributed by atoms with Crippen LogP contribution in [-0.2, 0) is 0 Å². The molecule has 0 N–H and O–H groups in total. The second-order valence-corrected chi connectivity index (χ2v) is 7.73. The lowest BCUT2D eigenvalue weighted by atomic mass is 9.98. The van der Waals surface area contributed by atoms with Crippen LogP contribution in [0.1, 0.15) is 36.5 Å². The molecule has 0 bridgehead atoms. The summed E-state index contributed by atoms with van der Waals surface area (Å²) in [4.78, 5) is 2.28. The van der Waals surface area contributed by atoms with E-state index < -0.39 is 0 Å². The molecule has 4 aromatic rings. The van der Waals surface area contributed by atoms with Crippen LogP contribution in [0, 0.1) is 0 Å². The molecule has 0 aromatic heterocycles. The number of benzene rings is 4. The summed E-state index contributed by atoms with van der Waals surface area (Å²) in [6.45, 7) is 4.46. The molecule has 4 rings (SSSR count). The van der Waals surface area contributed by atoms with Crippen molar-refractivity contribution in [1.29, 1.82) is 0 Å². The number of nitrogens with zero attached hydrogens (tertiary/aromatic N) is 1. The lowest BCUT2D eigenvalue weighted by Crippen LogP contribution is -2.10. The second kappa shape index (κ2) is 9.28. The average molecular weight is 390 g/mol. The first kappa shape index (κ1) is 19.7. The van der Waals surface area contributed by atoms with Crippen LogP contribution in [0.25, 0.3) is 5.57 Å². The van der Waals surface area contributed by atoms with Gasteiger partial charge in [0.2, 0.25) is 0 Å². The predicted molar refractivity (Wildman–Crippen MR) is 129 cm³/mol. The highest BCUT2D eigenvalue weighted by molar-refractivity contribution is 5.83. The molecule has 1 nitrogen and oxygen atoms in total. The fourth-order valence-electron chi connectivity index (χ4n) is 3.59. The van der Waals surface area contributed by atoms with E-state index in [1.54, 1.807) is 0 Å². The molecule has 0 saturated heterocycles. The van der Waals surface area contributed by atoms with Crippen molar-refractivity contribution < 1.29 is 0 Å². The Hall–Kier alpha value is -3.58. The first-order valence-corrected chi connectivity index (χ1v) is 10.5. The molecule has 0 atom stereocenters. The summed E-state index contributed by atoms with van der Waals surface area (Å²) < 4.78 is 0. The summed E-state index contributed by atoms with van der Waals surface area (Å²) >= 11 is 0. The molecule has 0 aliphatic heterocycles. The Morgan fingerprint density at radius 2 is 1.00 bits per heavy atom.